The third-order valence-electron chi connectivity index (χ3n) is 8.55. The summed E-state index contributed by atoms with van der Waals surface area (Å²) in [5.41, 5.74) is 4.77. The molecule has 5 nitrogen and oxygen atoms in total. The molecule has 0 radical (unpaired) electrons. The summed E-state index contributed by atoms with van der Waals surface area (Å²) in [4.78, 5) is 23.7. The topological polar surface area (TPSA) is 69.2 Å². The number of amides is 1. The molecule has 3 atom stereocenters. The van der Waals surface area contributed by atoms with Crippen molar-refractivity contribution in [2.24, 2.45) is 11.3 Å². The molecule has 5 aliphatic rings. The Kier molecular flexibility index (Phi) is 4.12. The lowest BCUT2D eigenvalue weighted by Gasteiger charge is -2.61. The van der Waals surface area contributed by atoms with Crippen molar-refractivity contribution in [2.75, 3.05) is 0 Å². The van der Waals surface area contributed by atoms with Crippen LogP contribution in [0.4, 0.5) is 0 Å². The fraction of sp³-hybridized carbons (Fsp3) is 0.680. The predicted octanol–water partition coefficient (Wildman–Crippen LogP) is 4.61. The van der Waals surface area contributed by atoms with Crippen LogP contribution in [0.15, 0.2) is 12.4 Å². The maximum absolute atomic E-state index is 13.5. The molecule has 3 saturated carbocycles. The minimum absolute atomic E-state index is 0.0315. The highest BCUT2D eigenvalue weighted by Gasteiger charge is 2.53. The van der Waals surface area contributed by atoms with Crippen molar-refractivity contribution in [1.82, 2.24) is 14.9 Å². The van der Waals surface area contributed by atoms with Gasteiger partial charge in [0, 0.05) is 36.3 Å². The molecule has 7 rings (SSSR count). The minimum Gasteiger partial charge on any atom is -0.392 e. The van der Waals surface area contributed by atoms with E-state index in [1.807, 2.05) is 6.20 Å². The van der Waals surface area contributed by atoms with E-state index >= 15 is 0 Å². The van der Waals surface area contributed by atoms with Crippen molar-refractivity contribution < 1.29 is 9.90 Å². The van der Waals surface area contributed by atoms with Gasteiger partial charge in [-0.1, -0.05) is 13.8 Å². The number of piperidine rings is 2. The number of aliphatic hydroxyl groups excluding tert-OH is 1. The van der Waals surface area contributed by atoms with E-state index < -0.39 is 0 Å². The average molecular weight is 408 g/mol. The van der Waals surface area contributed by atoms with Gasteiger partial charge in [0.05, 0.1) is 6.61 Å². The molecule has 4 bridgehead atoms. The van der Waals surface area contributed by atoms with Crippen molar-refractivity contribution in [3.63, 3.8) is 0 Å². The molecule has 2 aromatic heterocycles. The summed E-state index contributed by atoms with van der Waals surface area (Å²) in [5.74, 6) is 1.86. The molecule has 4 heterocycles. The summed E-state index contributed by atoms with van der Waals surface area (Å²) >= 11 is 0. The first-order valence-corrected chi connectivity index (χ1v) is 11.9. The summed E-state index contributed by atoms with van der Waals surface area (Å²) in [7, 11) is 0. The van der Waals surface area contributed by atoms with Crippen LogP contribution >= 0.6 is 0 Å². The zero-order chi connectivity index (χ0) is 20.6. The molecular weight excluding hydrogens is 374 g/mol. The molecule has 160 valence electrons. The van der Waals surface area contributed by atoms with Gasteiger partial charge in [0.15, 0.2) is 0 Å². The predicted molar refractivity (Wildman–Crippen MR) is 116 cm³/mol. The van der Waals surface area contributed by atoms with Crippen molar-refractivity contribution in [3.8, 4) is 0 Å². The zero-order valence-corrected chi connectivity index (χ0v) is 18.2. The normalized spacial score (nSPS) is 33.4. The van der Waals surface area contributed by atoms with Crippen molar-refractivity contribution >= 4 is 16.9 Å². The molecule has 2 aromatic rings. The first-order valence-electron chi connectivity index (χ1n) is 11.9. The van der Waals surface area contributed by atoms with Gasteiger partial charge < -0.3 is 15.0 Å². The molecule has 3 unspecified atom stereocenters. The summed E-state index contributed by atoms with van der Waals surface area (Å²) in [6.07, 6.45) is 13.0. The standard InChI is InChI=1S/C25H33N3O2/c1-14(5-21(30)28-18-6-15-7-19(28)10-25(2,8-15)9-18)20-12-27-24-23(20)22(16-3-4-16)17(13-29)11-26-24/h11-12,14-16,18-19,29H,3-10,13H2,1-2H3,(H,26,27). The molecule has 2 aliphatic heterocycles. The van der Waals surface area contributed by atoms with Gasteiger partial charge in [-0.3, -0.25) is 4.79 Å². The molecule has 0 aromatic carbocycles. The number of carbonyl (C=O) groups excluding carboxylic acids is 1. The summed E-state index contributed by atoms with van der Waals surface area (Å²) < 4.78 is 0. The van der Waals surface area contributed by atoms with Crippen molar-refractivity contribution in [3.05, 3.63) is 29.1 Å². The van der Waals surface area contributed by atoms with Crippen LogP contribution in [0.1, 0.15) is 93.7 Å². The number of H-pyrrole nitrogens is 1. The Morgan fingerprint density at radius 3 is 2.67 bits per heavy atom. The van der Waals surface area contributed by atoms with Gasteiger partial charge in [-0.15, -0.1) is 0 Å². The molecule has 30 heavy (non-hydrogen) atoms. The molecule has 1 amide bonds. The van der Waals surface area contributed by atoms with E-state index in [0.717, 1.165) is 22.5 Å². The molecule has 3 aliphatic carbocycles. The quantitative estimate of drug-likeness (QED) is 0.761. The van der Waals surface area contributed by atoms with Gasteiger partial charge >= 0.3 is 0 Å². The second-order valence-electron chi connectivity index (χ2n) is 11.1. The highest BCUT2D eigenvalue weighted by atomic mass is 16.3. The van der Waals surface area contributed by atoms with Crippen molar-refractivity contribution in [2.45, 2.75) is 95.7 Å². The van der Waals surface area contributed by atoms with E-state index in [-0.39, 0.29) is 12.5 Å². The van der Waals surface area contributed by atoms with E-state index in [1.165, 1.54) is 56.1 Å². The van der Waals surface area contributed by atoms with Crippen LogP contribution in [-0.2, 0) is 11.4 Å². The SMILES string of the molecule is CC(CC(=O)N1C2CC3CC1CC(C)(C3)C2)c1c[nH]c2ncc(CO)c(C3CC3)c12. The van der Waals surface area contributed by atoms with Gasteiger partial charge in [0.25, 0.3) is 0 Å². The fourth-order valence-electron chi connectivity index (χ4n) is 7.43. The Hall–Kier alpha value is -1.88. The van der Waals surface area contributed by atoms with Crippen LogP contribution in [0.2, 0.25) is 0 Å². The maximum atomic E-state index is 13.5. The van der Waals surface area contributed by atoms with E-state index in [0.29, 0.717) is 35.7 Å². The Labute approximate surface area is 178 Å². The Bertz CT molecular complexity index is 991. The number of pyridine rings is 1. The number of carbonyl (C=O) groups is 1. The number of aromatic amines is 1. The van der Waals surface area contributed by atoms with Crippen LogP contribution in [-0.4, -0.2) is 38.0 Å². The highest BCUT2D eigenvalue weighted by Crippen LogP contribution is 2.56. The maximum Gasteiger partial charge on any atom is 0.223 e. The molecule has 0 spiro atoms. The smallest absolute Gasteiger partial charge is 0.223 e. The van der Waals surface area contributed by atoms with Crippen LogP contribution in [0.25, 0.3) is 11.0 Å². The number of nitrogens with zero attached hydrogens (tertiary/aromatic N) is 2. The summed E-state index contributed by atoms with van der Waals surface area (Å²) in [5, 5.41) is 11.0. The first-order chi connectivity index (χ1) is 14.5. The number of hydrogen-bond acceptors (Lipinski definition) is 3. The van der Waals surface area contributed by atoms with E-state index in [2.05, 4.69) is 34.9 Å². The van der Waals surface area contributed by atoms with Crippen molar-refractivity contribution in [1.29, 1.82) is 0 Å². The lowest BCUT2D eigenvalue weighted by Crippen LogP contribution is -2.62. The largest absolute Gasteiger partial charge is 0.392 e. The van der Waals surface area contributed by atoms with Crippen LogP contribution in [0, 0.1) is 11.3 Å². The van der Waals surface area contributed by atoms with E-state index in [1.54, 1.807) is 0 Å². The molecule has 2 N–H and O–H groups in total. The van der Waals surface area contributed by atoms with E-state index in [9.17, 15) is 9.90 Å². The second kappa shape index (κ2) is 6.56. The lowest BCUT2D eigenvalue weighted by molar-refractivity contribution is -0.156. The Morgan fingerprint density at radius 2 is 2.03 bits per heavy atom. The highest BCUT2D eigenvalue weighted by molar-refractivity contribution is 5.87. The third kappa shape index (κ3) is 2.84. The number of hydrogen-bond donors (Lipinski definition) is 2. The number of nitrogens with one attached hydrogen (secondary N) is 1. The van der Waals surface area contributed by atoms with Gasteiger partial charge in [-0.05, 0) is 84.8 Å². The Balaban J connectivity index is 1.28. The summed E-state index contributed by atoms with van der Waals surface area (Å²) in [6.45, 7) is 4.66. The number of fused-ring (bicyclic) bond motifs is 1. The first kappa shape index (κ1) is 18.9. The monoisotopic (exact) mass is 407 g/mol. The minimum atomic E-state index is 0.0315. The third-order valence-corrected chi connectivity index (χ3v) is 8.55. The number of rotatable bonds is 5. The Morgan fingerprint density at radius 1 is 1.30 bits per heavy atom. The second-order valence-corrected chi connectivity index (χ2v) is 11.1. The van der Waals surface area contributed by atoms with E-state index in [4.69, 9.17) is 0 Å². The number of aromatic nitrogens is 2. The lowest BCUT2D eigenvalue weighted by atomic mass is 9.56. The zero-order valence-electron chi connectivity index (χ0n) is 18.2. The van der Waals surface area contributed by atoms with Gasteiger partial charge in [0.2, 0.25) is 5.91 Å². The molecule has 5 fully saturated rings. The molecule has 5 heteroatoms. The fourth-order valence-corrected chi connectivity index (χ4v) is 7.43. The average Bonchev–Trinajstić information content (AvgIpc) is 3.43. The van der Waals surface area contributed by atoms with Crippen LogP contribution in [0.3, 0.4) is 0 Å². The summed E-state index contributed by atoms with van der Waals surface area (Å²) in [6, 6.07) is 0.933. The van der Waals surface area contributed by atoms with Gasteiger partial charge in [-0.2, -0.15) is 0 Å². The van der Waals surface area contributed by atoms with Gasteiger partial charge in [0.1, 0.15) is 5.65 Å². The van der Waals surface area contributed by atoms with Gasteiger partial charge in [-0.25, -0.2) is 4.98 Å². The van der Waals surface area contributed by atoms with Crippen LogP contribution in [0.5, 0.6) is 0 Å². The molecular formula is C25H33N3O2. The number of aliphatic hydroxyl groups is 1. The molecule has 2 saturated heterocycles. The van der Waals surface area contributed by atoms with Crippen LogP contribution < -0.4 is 0 Å².